The number of fused-ring (bicyclic) bond motifs is 1. The number of pyridine rings is 1. The lowest BCUT2D eigenvalue weighted by molar-refractivity contribution is -0.00177. The quantitative estimate of drug-likeness (QED) is 0.307. The van der Waals surface area contributed by atoms with Crippen LogP contribution in [0.2, 0.25) is 0 Å². The molecule has 0 spiro atoms. The van der Waals surface area contributed by atoms with E-state index in [1.54, 1.807) is 23.0 Å². The Balaban J connectivity index is 1.38. The van der Waals surface area contributed by atoms with Gasteiger partial charge >= 0.3 is 0 Å². The van der Waals surface area contributed by atoms with Crippen molar-refractivity contribution in [1.29, 1.82) is 5.26 Å². The van der Waals surface area contributed by atoms with Crippen LogP contribution in [0.25, 0.3) is 16.9 Å². The lowest BCUT2D eigenvalue weighted by atomic mass is 9.80. The Morgan fingerprint density at radius 2 is 2.11 bits per heavy atom. The topological polar surface area (TPSA) is 146 Å². The lowest BCUT2D eigenvalue weighted by Gasteiger charge is -2.36. The maximum atomic E-state index is 14.3. The largest absolute Gasteiger partial charge is 0.387 e. The van der Waals surface area contributed by atoms with E-state index in [4.69, 9.17) is 5.26 Å². The van der Waals surface area contributed by atoms with Gasteiger partial charge in [0.25, 0.3) is 5.91 Å². The molecule has 1 saturated carbocycles. The minimum Gasteiger partial charge on any atom is -0.387 e. The molecule has 38 heavy (non-hydrogen) atoms. The number of amides is 1. The average Bonchev–Trinajstić information content (AvgIpc) is 3.54. The molecule has 1 aliphatic carbocycles. The molecule has 1 aliphatic rings. The Kier molecular flexibility index (Phi) is 6.77. The number of nitrogens with one attached hydrogen (secondary N) is 2. The number of hydrogen-bond acceptors (Lipinski definition) is 8. The Bertz CT molecular complexity index is 1480. The van der Waals surface area contributed by atoms with Gasteiger partial charge in [0.1, 0.15) is 24.9 Å². The van der Waals surface area contributed by atoms with Crippen molar-refractivity contribution in [3.63, 3.8) is 0 Å². The van der Waals surface area contributed by atoms with Gasteiger partial charge < -0.3 is 15.7 Å². The first-order valence-corrected chi connectivity index (χ1v) is 12.3. The standard InChI is InChI=1S/C26H28FN9O2/c1-26(2,38)24(27)12-31-25(37)20-11-30-22(23-4-3-19-7-17(9-28)10-32-36(19)23)8-21(20)34-18-5-16(6-18)13-35-15-29-14-33-35/h3-4,7-8,10-11,14-16,18,24,38H,5-6,12-13H2,1-2H3,(H,30,34)(H,31,37)/t16?,18?,24-/m1/s1. The molecule has 12 heteroatoms. The predicted molar refractivity (Wildman–Crippen MR) is 137 cm³/mol. The van der Waals surface area contributed by atoms with Gasteiger partial charge in [-0.15, -0.1) is 0 Å². The van der Waals surface area contributed by atoms with Gasteiger partial charge in [0, 0.05) is 18.8 Å². The van der Waals surface area contributed by atoms with E-state index in [2.05, 4.69) is 36.9 Å². The zero-order valence-corrected chi connectivity index (χ0v) is 21.0. The third-order valence-electron chi connectivity index (χ3n) is 6.76. The second-order valence-electron chi connectivity index (χ2n) is 10.2. The van der Waals surface area contributed by atoms with Crippen molar-refractivity contribution < 1.29 is 14.3 Å². The van der Waals surface area contributed by atoms with E-state index < -0.39 is 17.7 Å². The second kappa shape index (κ2) is 10.2. The van der Waals surface area contributed by atoms with Crippen LogP contribution in [-0.4, -0.2) is 64.7 Å². The second-order valence-corrected chi connectivity index (χ2v) is 10.2. The van der Waals surface area contributed by atoms with Gasteiger partial charge in [0.05, 0.1) is 52.1 Å². The molecular formula is C26H28FN9O2. The SMILES string of the molecule is CC(C)(O)[C@H](F)CNC(=O)c1cnc(-c2ccc3cc(C#N)cnn23)cc1NC1CC(Cn2cncn2)C1. The van der Waals surface area contributed by atoms with Crippen LogP contribution in [0.15, 0.2) is 49.3 Å². The normalized spacial score (nSPS) is 18.0. The zero-order chi connectivity index (χ0) is 26.9. The maximum Gasteiger partial charge on any atom is 0.255 e. The minimum atomic E-state index is -1.63. The van der Waals surface area contributed by atoms with E-state index in [-0.39, 0.29) is 18.2 Å². The Morgan fingerprint density at radius 3 is 2.82 bits per heavy atom. The van der Waals surface area contributed by atoms with Crippen LogP contribution in [0.4, 0.5) is 10.1 Å². The van der Waals surface area contributed by atoms with Gasteiger partial charge in [-0.2, -0.15) is 15.5 Å². The maximum absolute atomic E-state index is 14.3. The number of hydrogen-bond donors (Lipinski definition) is 3. The van der Waals surface area contributed by atoms with Crippen LogP contribution < -0.4 is 10.6 Å². The molecule has 4 heterocycles. The van der Waals surface area contributed by atoms with Gasteiger partial charge in [-0.25, -0.2) is 13.9 Å². The van der Waals surface area contributed by atoms with Crippen molar-refractivity contribution in [2.24, 2.45) is 5.92 Å². The first-order valence-electron chi connectivity index (χ1n) is 12.3. The molecule has 0 aromatic carbocycles. The zero-order valence-electron chi connectivity index (χ0n) is 21.0. The van der Waals surface area contributed by atoms with Crippen LogP contribution in [0, 0.1) is 17.2 Å². The van der Waals surface area contributed by atoms with Gasteiger partial charge in [0.2, 0.25) is 0 Å². The number of rotatable bonds is 9. The van der Waals surface area contributed by atoms with Crippen LogP contribution in [0.3, 0.4) is 0 Å². The molecule has 0 aliphatic heterocycles. The molecule has 0 saturated heterocycles. The van der Waals surface area contributed by atoms with Gasteiger partial charge in [-0.3, -0.25) is 14.5 Å². The third kappa shape index (κ3) is 5.33. The molecule has 1 fully saturated rings. The van der Waals surface area contributed by atoms with Crippen molar-refractivity contribution in [2.75, 3.05) is 11.9 Å². The van der Waals surface area contributed by atoms with E-state index in [1.807, 2.05) is 16.8 Å². The molecule has 11 nitrogen and oxygen atoms in total. The molecule has 0 bridgehead atoms. The summed E-state index contributed by atoms with van der Waals surface area (Å²) in [4.78, 5) is 21.5. The molecule has 1 amide bonds. The molecule has 0 unspecified atom stereocenters. The fourth-order valence-corrected chi connectivity index (χ4v) is 4.49. The number of anilines is 1. The monoisotopic (exact) mass is 517 g/mol. The molecule has 1 atom stereocenters. The first-order chi connectivity index (χ1) is 18.2. The van der Waals surface area contributed by atoms with Crippen LogP contribution >= 0.6 is 0 Å². The van der Waals surface area contributed by atoms with E-state index >= 15 is 0 Å². The van der Waals surface area contributed by atoms with E-state index in [0.29, 0.717) is 28.6 Å². The smallest absolute Gasteiger partial charge is 0.255 e. The highest BCUT2D eigenvalue weighted by Crippen LogP contribution is 2.33. The van der Waals surface area contributed by atoms with Gasteiger partial charge in [-0.1, -0.05) is 0 Å². The van der Waals surface area contributed by atoms with E-state index in [1.165, 1.54) is 32.6 Å². The van der Waals surface area contributed by atoms with Crippen LogP contribution in [0.5, 0.6) is 0 Å². The molecule has 0 radical (unpaired) electrons. The number of halogens is 1. The van der Waals surface area contributed by atoms with Crippen LogP contribution in [-0.2, 0) is 6.54 Å². The highest BCUT2D eigenvalue weighted by atomic mass is 19.1. The summed E-state index contributed by atoms with van der Waals surface area (Å²) >= 11 is 0. The molecular weight excluding hydrogens is 489 g/mol. The molecule has 4 aromatic rings. The third-order valence-corrected chi connectivity index (χ3v) is 6.76. The Morgan fingerprint density at radius 1 is 1.29 bits per heavy atom. The van der Waals surface area contributed by atoms with E-state index in [9.17, 15) is 14.3 Å². The summed E-state index contributed by atoms with van der Waals surface area (Å²) in [5, 5.41) is 33.6. The fourth-order valence-electron chi connectivity index (χ4n) is 4.49. The summed E-state index contributed by atoms with van der Waals surface area (Å²) in [5.74, 6) is -0.0614. The number of nitriles is 1. The van der Waals surface area contributed by atoms with Crippen molar-refractivity contribution in [2.45, 2.75) is 51.0 Å². The number of aliphatic hydroxyl groups is 1. The average molecular weight is 518 g/mol. The summed E-state index contributed by atoms with van der Waals surface area (Å²) in [6.45, 7) is 3.15. The lowest BCUT2D eigenvalue weighted by Crippen LogP contribution is -2.42. The number of alkyl halides is 1. The van der Waals surface area contributed by atoms with E-state index in [0.717, 1.165) is 24.9 Å². The molecule has 3 N–H and O–H groups in total. The highest BCUT2D eigenvalue weighted by molar-refractivity contribution is 6.00. The molecule has 4 aromatic heterocycles. The summed E-state index contributed by atoms with van der Waals surface area (Å²) in [6, 6.07) is 9.43. The van der Waals surface area contributed by atoms with Gasteiger partial charge in [0.15, 0.2) is 0 Å². The number of aromatic nitrogens is 6. The highest BCUT2D eigenvalue weighted by Gasteiger charge is 2.31. The van der Waals surface area contributed by atoms with Gasteiger partial charge in [-0.05, 0) is 56.9 Å². The fraction of sp³-hybridized carbons (Fsp3) is 0.385. The summed E-state index contributed by atoms with van der Waals surface area (Å²) in [7, 11) is 0. The van der Waals surface area contributed by atoms with Crippen molar-refractivity contribution in [3.8, 4) is 17.5 Å². The summed E-state index contributed by atoms with van der Waals surface area (Å²) in [6.07, 6.45) is 6.29. The predicted octanol–water partition coefficient (Wildman–Crippen LogP) is 2.59. The number of carbonyl (C=O) groups excluding carboxylic acids is 1. The van der Waals surface area contributed by atoms with Crippen LogP contribution in [0.1, 0.15) is 42.6 Å². The van der Waals surface area contributed by atoms with Crippen molar-refractivity contribution >= 4 is 17.1 Å². The first kappa shape index (κ1) is 25.3. The summed E-state index contributed by atoms with van der Waals surface area (Å²) in [5.41, 5.74) is 1.74. The number of carbonyl (C=O) groups is 1. The molecule has 196 valence electrons. The molecule has 5 rings (SSSR count). The Hall–Kier alpha value is -4.37. The minimum absolute atomic E-state index is 0.135. The Labute approximate surface area is 218 Å². The van der Waals surface area contributed by atoms with Crippen molar-refractivity contribution in [1.82, 2.24) is 34.7 Å². The number of nitrogens with zero attached hydrogens (tertiary/aromatic N) is 7. The van der Waals surface area contributed by atoms with Crippen molar-refractivity contribution in [3.05, 3.63) is 60.4 Å². The summed E-state index contributed by atoms with van der Waals surface area (Å²) < 4.78 is 17.8.